The van der Waals surface area contributed by atoms with Crippen molar-refractivity contribution in [2.75, 3.05) is 19.6 Å². The Kier molecular flexibility index (Phi) is 4.31. The average Bonchev–Trinajstić information content (AvgIpc) is 2.31. The van der Waals surface area contributed by atoms with Crippen molar-refractivity contribution in [2.45, 2.75) is 38.3 Å². The van der Waals surface area contributed by atoms with Gasteiger partial charge in [-0.3, -0.25) is 4.90 Å². The molecule has 1 fully saturated rings. The first-order chi connectivity index (χ1) is 7.11. The van der Waals surface area contributed by atoms with Crippen molar-refractivity contribution in [3.63, 3.8) is 0 Å². The number of nitrogens with zero attached hydrogens (tertiary/aromatic N) is 2. The number of hydrogen-bond donors (Lipinski definition) is 1. The maximum absolute atomic E-state index is 8.84. The summed E-state index contributed by atoms with van der Waals surface area (Å²) in [6, 6.07) is 2.59. The van der Waals surface area contributed by atoms with Gasteiger partial charge in [-0.25, -0.2) is 0 Å². The minimum absolute atomic E-state index is 0.152. The molecule has 1 heterocycles. The highest BCUT2D eigenvalue weighted by molar-refractivity contribution is 4.97. The van der Waals surface area contributed by atoms with E-state index in [2.05, 4.69) is 36.7 Å². The fraction of sp³-hybridized carbons (Fsp3) is 0.750. The molecule has 15 heavy (non-hydrogen) atoms. The summed E-state index contributed by atoms with van der Waals surface area (Å²) in [6.45, 7) is 11.1. The Morgan fingerprint density at radius 2 is 2.40 bits per heavy atom. The summed E-state index contributed by atoms with van der Waals surface area (Å²) < 4.78 is 0. The summed E-state index contributed by atoms with van der Waals surface area (Å²) >= 11 is 0. The Labute approximate surface area is 92.8 Å². The van der Waals surface area contributed by atoms with E-state index in [0.717, 1.165) is 26.1 Å². The van der Waals surface area contributed by atoms with Gasteiger partial charge in [0, 0.05) is 24.7 Å². The van der Waals surface area contributed by atoms with Crippen LogP contribution in [-0.4, -0.2) is 36.1 Å². The van der Waals surface area contributed by atoms with Gasteiger partial charge < -0.3 is 5.32 Å². The number of rotatable bonds is 3. The molecular weight excluding hydrogens is 186 g/mol. The maximum Gasteiger partial charge on any atom is 0.0638 e. The van der Waals surface area contributed by atoms with Gasteiger partial charge in [-0.1, -0.05) is 6.08 Å². The van der Waals surface area contributed by atoms with Gasteiger partial charge in [0.2, 0.25) is 0 Å². The zero-order chi connectivity index (χ0) is 11.3. The maximum atomic E-state index is 8.84. The second kappa shape index (κ2) is 5.29. The van der Waals surface area contributed by atoms with Crippen LogP contribution in [0.3, 0.4) is 0 Å². The van der Waals surface area contributed by atoms with Crippen LogP contribution in [0.5, 0.6) is 0 Å². The smallest absolute Gasteiger partial charge is 0.0638 e. The van der Waals surface area contributed by atoms with Gasteiger partial charge in [0.25, 0.3) is 0 Å². The lowest BCUT2D eigenvalue weighted by atomic mass is 9.96. The first-order valence-corrected chi connectivity index (χ1v) is 5.57. The van der Waals surface area contributed by atoms with Crippen molar-refractivity contribution in [2.24, 2.45) is 0 Å². The van der Waals surface area contributed by atoms with Crippen LogP contribution in [0.1, 0.15) is 26.7 Å². The molecule has 1 aliphatic rings. The largest absolute Gasteiger partial charge is 0.315 e. The second-order valence-corrected chi connectivity index (χ2v) is 4.72. The highest BCUT2D eigenvalue weighted by atomic mass is 15.2. The van der Waals surface area contributed by atoms with E-state index >= 15 is 0 Å². The third-order valence-electron chi connectivity index (χ3n) is 3.16. The molecule has 0 aliphatic carbocycles. The zero-order valence-corrected chi connectivity index (χ0v) is 9.79. The van der Waals surface area contributed by atoms with Gasteiger partial charge in [0.15, 0.2) is 0 Å². The third-order valence-corrected chi connectivity index (χ3v) is 3.16. The SMILES string of the molecule is C=CCN1C(CC#N)CNCCC1(C)C. The Hall–Kier alpha value is -0.850. The van der Waals surface area contributed by atoms with Crippen molar-refractivity contribution < 1.29 is 0 Å². The van der Waals surface area contributed by atoms with Gasteiger partial charge in [-0.15, -0.1) is 6.58 Å². The fourth-order valence-electron chi connectivity index (χ4n) is 2.23. The van der Waals surface area contributed by atoms with E-state index in [9.17, 15) is 0 Å². The summed E-state index contributed by atoms with van der Waals surface area (Å²) in [7, 11) is 0. The average molecular weight is 207 g/mol. The van der Waals surface area contributed by atoms with Crippen LogP contribution in [0.2, 0.25) is 0 Å². The van der Waals surface area contributed by atoms with E-state index in [1.54, 1.807) is 0 Å². The van der Waals surface area contributed by atoms with Crippen molar-refractivity contribution in [1.29, 1.82) is 5.26 Å². The highest BCUT2D eigenvalue weighted by Crippen LogP contribution is 2.24. The molecule has 1 rings (SSSR count). The quantitative estimate of drug-likeness (QED) is 0.713. The van der Waals surface area contributed by atoms with Crippen LogP contribution in [0.25, 0.3) is 0 Å². The van der Waals surface area contributed by atoms with Gasteiger partial charge in [0.05, 0.1) is 12.5 Å². The minimum atomic E-state index is 0.152. The summed E-state index contributed by atoms with van der Waals surface area (Å²) in [5.74, 6) is 0. The highest BCUT2D eigenvalue weighted by Gasteiger charge is 2.33. The minimum Gasteiger partial charge on any atom is -0.315 e. The molecule has 84 valence electrons. The van der Waals surface area contributed by atoms with Crippen LogP contribution >= 0.6 is 0 Å². The molecular formula is C12H21N3. The zero-order valence-electron chi connectivity index (χ0n) is 9.79. The van der Waals surface area contributed by atoms with Crippen molar-refractivity contribution >= 4 is 0 Å². The predicted molar refractivity (Wildman–Crippen MR) is 62.5 cm³/mol. The summed E-state index contributed by atoms with van der Waals surface area (Å²) in [5.41, 5.74) is 0.152. The second-order valence-electron chi connectivity index (χ2n) is 4.72. The van der Waals surface area contributed by atoms with Crippen LogP contribution in [0.4, 0.5) is 0 Å². The molecule has 0 spiro atoms. The molecule has 1 saturated heterocycles. The summed E-state index contributed by atoms with van der Waals surface area (Å²) in [5, 5.41) is 12.2. The van der Waals surface area contributed by atoms with Gasteiger partial charge >= 0.3 is 0 Å². The lowest BCUT2D eigenvalue weighted by Gasteiger charge is -2.40. The fourth-order valence-corrected chi connectivity index (χ4v) is 2.23. The molecule has 1 unspecified atom stereocenters. The number of nitrogens with one attached hydrogen (secondary N) is 1. The molecule has 0 amide bonds. The van der Waals surface area contributed by atoms with E-state index in [-0.39, 0.29) is 5.54 Å². The molecule has 0 aromatic heterocycles. The molecule has 0 bridgehead atoms. The van der Waals surface area contributed by atoms with Crippen molar-refractivity contribution in [3.8, 4) is 6.07 Å². The summed E-state index contributed by atoms with van der Waals surface area (Å²) in [4.78, 5) is 2.39. The number of hydrogen-bond acceptors (Lipinski definition) is 3. The van der Waals surface area contributed by atoms with Crippen molar-refractivity contribution in [3.05, 3.63) is 12.7 Å². The van der Waals surface area contributed by atoms with E-state index in [0.29, 0.717) is 12.5 Å². The van der Waals surface area contributed by atoms with Crippen molar-refractivity contribution in [1.82, 2.24) is 10.2 Å². The molecule has 1 atom stereocenters. The lowest BCUT2D eigenvalue weighted by molar-refractivity contribution is 0.0943. The molecule has 0 aromatic carbocycles. The topological polar surface area (TPSA) is 39.1 Å². The predicted octanol–water partition coefficient (Wildman–Crippen LogP) is 1.53. The first-order valence-electron chi connectivity index (χ1n) is 5.57. The van der Waals surface area contributed by atoms with Crippen LogP contribution in [0.15, 0.2) is 12.7 Å². The lowest BCUT2D eigenvalue weighted by Crippen LogP contribution is -2.50. The molecule has 1 N–H and O–H groups in total. The van der Waals surface area contributed by atoms with Gasteiger partial charge in [0.1, 0.15) is 0 Å². The van der Waals surface area contributed by atoms with Gasteiger partial charge in [-0.05, 0) is 26.8 Å². The van der Waals surface area contributed by atoms with E-state index in [1.165, 1.54) is 0 Å². The van der Waals surface area contributed by atoms with E-state index in [1.807, 2.05) is 6.08 Å². The Morgan fingerprint density at radius 3 is 3.00 bits per heavy atom. The Bertz CT molecular complexity index is 252. The standard InChI is InChI=1S/C12H21N3/c1-4-9-15-11(5-7-13)10-14-8-6-12(15,2)3/h4,11,14H,1,5-6,8-10H2,2-3H3. The van der Waals surface area contributed by atoms with Crippen LogP contribution < -0.4 is 5.32 Å². The summed E-state index contributed by atoms with van der Waals surface area (Å²) in [6.07, 6.45) is 3.63. The first kappa shape index (κ1) is 12.2. The van der Waals surface area contributed by atoms with Crippen LogP contribution in [-0.2, 0) is 0 Å². The molecule has 0 radical (unpaired) electrons. The van der Waals surface area contributed by atoms with E-state index in [4.69, 9.17) is 5.26 Å². The molecule has 0 aromatic rings. The molecule has 3 nitrogen and oxygen atoms in total. The normalized spacial score (nSPS) is 26.6. The number of nitriles is 1. The Morgan fingerprint density at radius 1 is 1.67 bits per heavy atom. The molecule has 0 saturated carbocycles. The molecule has 1 aliphatic heterocycles. The Balaban J connectivity index is 2.82. The monoisotopic (exact) mass is 207 g/mol. The van der Waals surface area contributed by atoms with Gasteiger partial charge in [-0.2, -0.15) is 5.26 Å². The molecule has 3 heteroatoms. The third kappa shape index (κ3) is 3.05. The van der Waals surface area contributed by atoms with E-state index < -0.39 is 0 Å². The van der Waals surface area contributed by atoms with Crippen LogP contribution in [0, 0.1) is 11.3 Å².